The second-order valence-corrected chi connectivity index (χ2v) is 18.6. The molecule has 0 aliphatic heterocycles. The monoisotopic (exact) mass is 926 g/mol. The Labute approximate surface area is 338 Å². The van der Waals surface area contributed by atoms with Gasteiger partial charge in [0.2, 0.25) is 0 Å². The van der Waals surface area contributed by atoms with Gasteiger partial charge in [0.15, 0.2) is 5.78 Å². The molecule has 53 heavy (non-hydrogen) atoms. The fourth-order valence-electron chi connectivity index (χ4n) is 6.95. The maximum atomic E-state index is 12.2. The molecule has 3 heterocycles. The van der Waals surface area contributed by atoms with E-state index in [-0.39, 0.29) is 47.9 Å². The topological polar surface area (TPSA) is 63.1 Å². The number of hydrogen-bond acceptors (Lipinski definition) is 6. The second kappa shape index (κ2) is 16.8. The molecule has 0 aliphatic rings. The van der Waals surface area contributed by atoms with Crippen LogP contribution in [-0.4, -0.2) is 20.9 Å². The third-order valence-electron chi connectivity index (χ3n) is 11.4. The van der Waals surface area contributed by atoms with Crippen molar-refractivity contribution in [1.82, 2.24) is 9.97 Å². The third-order valence-corrected chi connectivity index (χ3v) is 13.7. The van der Waals surface area contributed by atoms with E-state index in [9.17, 15) is 9.90 Å². The fourth-order valence-corrected chi connectivity index (χ4v) is 9.33. The number of carbonyl (C=O) groups is 1. The van der Waals surface area contributed by atoms with E-state index < -0.39 is 0 Å². The van der Waals surface area contributed by atoms with Gasteiger partial charge in [0.05, 0.1) is 0 Å². The first-order valence-electron chi connectivity index (χ1n) is 19.0. The van der Waals surface area contributed by atoms with Crippen molar-refractivity contribution >= 4 is 69.6 Å². The van der Waals surface area contributed by atoms with Crippen LogP contribution in [0.3, 0.4) is 0 Å². The van der Waals surface area contributed by atoms with E-state index >= 15 is 0 Å². The molecule has 0 saturated carbocycles. The van der Waals surface area contributed by atoms with E-state index in [1.165, 1.54) is 47.6 Å². The van der Waals surface area contributed by atoms with Crippen molar-refractivity contribution in [3.63, 3.8) is 0 Å². The van der Waals surface area contributed by atoms with E-state index in [0.717, 1.165) is 59.0 Å². The van der Waals surface area contributed by atoms with Crippen molar-refractivity contribution < 1.29 is 30.0 Å². The number of aliphatic hydroxyl groups is 1. The number of aryl methyl sites for hydroxylation is 1. The molecule has 1 N–H and O–H groups in total. The van der Waals surface area contributed by atoms with Gasteiger partial charge in [-0.05, 0) is 67.4 Å². The number of rotatable bonds is 10. The van der Waals surface area contributed by atoms with E-state index in [2.05, 4.69) is 90.1 Å². The molecule has 0 spiro atoms. The standard InChI is InChI=1S/C31H29N2S2.C15H28O2.Ir/c1-17(2)13-23-18(3)34-25-12-11-22-27-28(32-16-33-30(27)35-29(22)26(23)25)20-14-19-9-7-8-10-21(19)24(15-20)31(4,5)6;1-7-14(5,8-2)12(16)11-13(17)15(6,9-3)10-4;/h7-12,15-17H,13H2,1-6H3;11,16H,7-10H2,1-6H3;/q-1;;/b;12-11-;. The Bertz CT molecular complexity index is 2260. The van der Waals surface area contributed by atoms with Crippen LogP contribution >= 0.6 is 22.7 Å². The average Bonchev–Trinajstić information content (AvgIpc) is 3.66. The van der Waals surface area contributed by atoms with Crippen LogP contribution in [-0.2, 0) is 36.7 Å². The second-order valence-electron chi connectivity index (χ2n) is 16.4. The molecule has 0 amide bonds. The van der Waals surface area contributed by atoms with Crippen LogP contribution in [0.2, 0.25) is 0 Å². The summed E-state index contributed by atoms with van der Waals surface area (Å²) in [5.41, 5.74) is 4.26. The van der Waals surface area contributed by atoms with E-state index in [0.29, 0.717) is 5.92 Å². The molecule has 7 heteroatoms. The summed E-state index contributed by atoms with van der Waals surface area (Å²) >= 11 is 3.73. The molecule has 3 aromatic heterocycles. The van der Waals surface area contributed by atoms with Crippen molar-refractivity contribution in [3.05, 3.63) is 82.7 Å². The zero-order chi connectivity index (χ0) is 38.2. The molecule has 0 saturated heterocycles. The Balaban J connectivity index is 0.000000299. The molecular weight excluding hydrogens is 869 g/mol. The largest absolute Gasteiger partial charge is 0.512 e. The smallest absolute Gasteiger partial charge is 0.164 e. The van der Waals surface area contributed by atoms with Gasteiger partial charge in [-0.3, -0.25) is 9.78 Å². The molecule has 6 rings (SSSR count). The molecule has 0 unspecified atom stereocenters. The van der Waals surface area contributed by atoms with E-state index in [1.807, 2.05) is 64.2 Å². The van der Waals surface area contributed by atoms with Gasteiger partial charge in [0, 0.05) is 67.8 Å². The van der Waals surface area contributed by atoms with Crippen molar-refractivity contribution in [2.24, 2.45) is 16.7 Å². The van der Waals surface area contributed by atoms with Crippen molar-refractivity contribution in [1.29, 1.82) is 0 Å². The summed E-state index contributed by atoms with van der Waals surface area (Å²) in [5, 5.41) is 16.4. The van der Waals surface area contributed by atoms with Gasteiger partial charge >= 0.3 is 0 Å². The number of benzene rings is 3. The van der Waals surface area contributed by atoms with Crippen molar-refractivity contribution in [2.75, 3.05) is 0 Å². The van der Waals surface area contributed by atoms with E-state index in [4.69, 9.17) is 9.97 Å². The average molecular weight is 926 g/mol. The molecule has 1 radical (unpaired) electrons. The van der Waals surface area contributed by atoms with Gasteiger partial charge < -0.3 is 5.11 Å². The van der Waals surface area contributed by atoms with Gasteiger partial charge in [-0.25, -0.2) is 4.98 Å². The number of aromatic nitrogens is 2. The van der Waals surface area contributed by atoms with E-state index in [1.54, 1.807) is 6.33 Å². The predicted molar refractivity (Wildman–Crippen MR) is 227 cm³/mol. The zero-order valence-corrected chi connectivity index (χ0v) is 37.7. The summed E-state index contributed by atoms with van der Waals surface area (Å²) in [5.74, 6) is 0.906. The molecule has 285 valence electrons. The number of thiophene rings is 2. The number of carbonyl (C=O) groups excluding carboxylic acids is 1. The Hall–Kier alpha value is -2.96. The number of hydrogen-bond donors (Lipinski definition) is 1. The Morgan fingerprint density at radius 2 is 1.51 bits per heavy atom. The van der Waals surface area contributed by atoms with Crippen LogP contribution in [0.1, 0.15) is 118 Å². The molecule has 3 aromatic carbocycles. The summed E-state index contributed by atoms with van der Waals surface area (Å²) in [4.78, 5) is 24.3. The third kappa shape index (κ3) is 8.49. The van der Waals surface area contributed by atoms with Crippen LogP contribution in [0.15, 0.2) is 60.6 Å². The first kappa shape index (κ1) is 42.8. The van der Waals surface area contributed by atoms with Crippen LogP contribution < -0.4 is 0 Å². The molecule has 6 aromatic rings. The quantitative estimate of drug-likeness (QED) is 0.0845. The van der Waals surface area contributed by atoms with Crippen LogP contribution in [0.4, 0.5) is 0 Å². The minimum absolute atomic E-state index is 0. The minimum Gasteiger partial charge on any atom is -0.512 e. The Morgan fingerprint density at radius 3 is 2.11 bits per heavy atom. The maximum Gasteiger partial charge on any atom is 0.164 e. The van der Waals surface area contributed by atoms with Gasteiger partial charge in [0.25, 0.3) is 0 Å². The normalized spacial score (nSPS) is 12.8. The van der Waals surface area contributed by atoms with Gasteiger partial charge in [-0.2, -0.15) is 0 Å². The number of fused-ring (bicyclic) bond motifs is 6. The summed E-state index contributed by atoms with van der Waals surface area (Å²) in [6.45, 7) is 25.8. The van der Waals surface area contributed by atoms with Crippen molar-refractivity contribution in [3.8, 4) is 11.3 Å². The molecule has 0 atom stereocenters. The molecule has 0 bridgehead atoms. The summed E-state index contributed by atoms with van der Waals surface area (Å²) in [7, 11) is 0. The minimum atomic E-state index is -0.337. The number of ketones is 1. The molecule has 0 aliphatic carbocycles. The van der Waals surface area contributed by atoms with Crippen LogP contribution in [0, 0.1) is 29.7 Å². The SMILES string of the molecule is CCC(C)(CC)C(=O)/C=C(\O)C(C)(CC)CC.Cc1sc2ccc3c(sc4ncnc(-c5[c-]c6ccccc6c(C(C)(C)C)c5)c43)c2c1CC(C)C.[Ir]. The van der Waals surface area contributed by atoms with Gasteiger partial charge in [-0.1, -0.05) is 111 Å². The summed E-state index contributed by atoms with van der Waals surface area (Å²) < 4.78 is 2.72. The van der Waals surface area contributed by atoms with Gasteiger partial charge in [-0.15, -0.1) is 51.8 Å². The maximum absolute atomic E-state index is 12.2. The molecule has 4 nitrogen and oxygen atoms in total. The Morgan fingerprint density at radius 1 is 0.868 bits per heavy atom. The first-order chi connectivity index (χ1) is 24.5. The first-order valence-corrected chi connectivity index (χ1v) is 20.6. The molecule has 0 fully saturated rings. The summed E-state index contributed by atoms with van der Waals surface area (Å²) in [6, 6.07) is 19.1. The molecular formula is C46H57IrN2O2S2-. The van der Waals surface area contributed by atoms with Crippen LogP contribution in [0.25, 0.3) is 52.4 Å². The van der Waals surface area contributed by atoms with Gasteiger partial charge in [0.1, 0.15) is 16.9 Å². The van der Waals surface area contributed by atoms with Crippen molar-refractivity contribution in [2.45, 2.75) is 121 Å². The number of allylic oxidation sites excluding steroid dienone is 2. The zero-order valence-electron chi connectivity index (χ0n) is 33.7. The summed E-state index contributed by atoms with van der Waals surface area (Å²) in [6.07, 6.45) is 7.58. The predicted octanol–water partition coefficient (Wildman–Crippen LogP) is 14.1. The Kier molecular flexibility index (Phi) is 13.6. The van der Waals surface area contributed by atoms with Crippen LogP contribution in [0.5, 0.6) is 0 Å². The number of aliphatic hydroxyl groups excluding tert-OH is 1. The fraction of sp³-hybridized carbons (Fsp3) is 0.457. The number of nitrogens with zero attached hydrogens (tertiary/aromatic N) is 2.